The molecule has 0 radical (unpaired) electrons. The zero-order valence-corrected chi connectivity index (χ0v) is 42.9. The summed E-state index contributed by atoms with van der Waals surface area (Å²) < 4.78 is 17.9. The van der Waals surface area contributed by atoms with Crippen molar-refractivity contribution in [2.75, 3.05) is 13.2 Å². The topological polar surface area (TPSA) is 169 Å². The lowest BCUT2D eigenvalue weighted by Crippen LogP contribution is -2.21. The molecular weight excluding hydrogens is 913 g/mol. The summed E-state index contributed by atoms with van der Waals surface area (Å²) in [7, 11) is 0. The normalized spacial score (nSPS) is 13.4. The average Bonchev–Trinajstić information content (AvgIpc) is 4.21. The van der Waals surface area contributed by atoms with Crippen molar-refractivity contribution < 1.29 is 14.6 Å². The quantitative estimate of drug-likeness (QED) is 0.138. The van der Waals surface area contributed by atoms with Crippen molar-refractivity contribution in [2.24, 2.45) is 0 Å². The van der Waals surface area contributed by atoms with Gasteiger partial charge in [0, 0.05) is 103 Å². The van der Waals surface area contributed by atoms with Crippen LogP contribution in [-0.4, -0.2) is 77.6 Å². The lowest BCUT2D eigenvalue weighted by Gasteiger charge is -2.25. The summed E-state index contributed by atoms with van der Waals surface area (Å²) in [6.07, 6.45) is 22.2. The number of fused-ring (bicyclic) bond motifs is 9. The van der Waals surface area contributed by atoms with Crippen molar-refractivity contribution in [3.8, 4) is 50.4 Å². The highest BCUT2D eigenvalue weighted by atomic mass is 16.5. The van der Waals surface area contributed by atoms with E-state index in [2.05, 4.69) is 149 Å². The SMILES string of the molecule is CC(C)(O)c1cncc(-c2ccc3c(c2)CCc2nncn2-3)c1.CCOC(C)(C)c1cncc(-c2ccc3c(c2)CCc2nncn2-3)c1.CCOC(C)(C)c1cncc(-c2ccc3c(c2)CCc2nncn2-3)c1. The van der Waals surface area contributed by atoms with Gasteiger partial charge < -0.3 is 14.6 Å². The number of hydrogen-bond donors (Lipinski definition) is 1. The van der Waals surface area contributed by atoms with Crippen LogP contribution in [0, 0.1) is 0 Å². The van der Waals surface area contributed by atoms with Gasteiger partial charge in [0.2, 0.25) is 0 Å². The molecular formula is C58H62N12O3. The molecule has 6 aromatic heterocycles. The Morgan fingerprint density at radius 3 is 1.08 bits per heavy atom. The fraction of sp³-hybridized carbons (Fsp3) is 0.328. The minimum atomic E-state index is -0.894. The average molecular weight is 975 g/mol. The van der Waals surface area contributed by atoms with Crippen LogP contribution >= 0.6 is 0 Å². The van der Waals surface area contributed by atoms with Crippen molar-refractivity contribution in [3.05, 3.63) is 180 Å². The molecule has 73 heavy (non-hydrogen) atoms. The molecule has 0 bridgehead atoms. The summed E-state index contributed by atoms with van der Waals surface area (Å²) in [5.41, 5.74) is 15.5. The lowest BCUT2D eigenvalue weighted by molar-refractivity contribution is -0.0145. The zero-order chi connectivity index (χ0) is 50.9. The van der Waals surface area contributed by atoms with E-state index in [9.17, 15) is 5.11 Å². The molecule has 3 aromatic carbocycles. The number of nitrogens with zero attached hydrogens (tertiary/aromatic N) is 12. The number of benzene rings is 3. The molecule has 0 atom stereocenters. The number of pyridine rings is 3. The zero-order valence-electron chi connectivity index (χ0n) is 42.9. The van der Waals surface area contributed by atoms with E-state index in [0.717, 1.165) is 101 Å². The van der Waals surface area contributed by atoms with E-state index >= 15 is 0 Å². The first kappa shape index (κ1) is 49.0. The standard InChI is InChI=1S/2C20H22N4O.C18H18N4O/c2*1-4-25-20(2,3)17-10-16(11-21-12-17)14-5-7-18-15(9-14)6-8-19-23-22-13-24(18)19;1-18(2,23)15-8-14(9-19-10-15)12-3-5-16-13(7-12)4-6-17-21-20-11-22(16)17/h2*5,7,9-13H,4,6,8H2,1-3H3;3,5,7-11,23H,4,6H2,1-2H3. The first-order chi connectivity index (χ1) is 35.2. The molecule has 12 rings (SSSR count). The molecule has 0 amide bonds. The predicted octanol–water partition coefficient (Wildman–Crippen LogP) is 10.1. The fourth-order valence-corrected chi connectivity index (χ4v) is 9.91. The molecule has 0 unspecified atom stereocenters. The van der Waals surface area contributed by atoms with Crippen LogP contribution < -0.4 is 0 Å². The van der Waals surface area contributed by atoms with Crippen molar-refractivity contribution in [3.63, 3.8) is 0 Å². The van der Waals surface area contributed by atoms with Crippen LogP contribution in [0.2, 0.25) is 0 Å². The molecule has 0 fully saturated rings. The first-order valence-electron chi connectivity index (χ1n) is 25.1. The maximum absolute atomic E-state index is 10.2. The van der Waals surface area contributed by atoms with E-state index < -0.39 is 5.60 Å². The Morgan fingerprint density at radius 1 is 0.425 bits per heavy atom. The van der Waals surface area contributed by atoms with Gasteiger partial charge in [0.25, 0.3) is 0 Å². The van der Waals surface area contributed by atoms with Crippen molar-refractivity contribution in [1.29, 1.82) is 0 Å². The minimum Gasteiger partial charge on any atom is -0.386 e. The maximum Gasteiger partial charge on any atom is 0.137 e. The number of aromatic nitrogens is 12. The summed E-state index contributed by atoms with van der Waals surface area (Å²) in [6.45, 7) is 17.3. The molecule has 372 valence electrons. The van der Waals surface area contributed by atoms with Crippen molar-refractivity contribution >= 4 is 0 Å². The van der Waals surface area contributed by atoms with Crippen molar-refractivity contribution in [2.45, 2.75) is 111 Å². The summed E-state index contributed by atoms with van der Waals surface area (Å²) in [4.78, 5) is 13.2. The van der Waals surface area contributed by atoms with Crippen LogP contribution in [0.3, 0.4) is 0 Å². The second kappa shape index (κ2) is 20.1. The van der Waals surface area contributed by atoms with Gasteiger partial charge >= 0.3 is 0 Å². The molecule has 1 N–H and O–H groups in total. The molecule has 3 aliphatic heterocycles. The molecule has 9 heterocycles. The van der Waals surface area contributed by atoms with E-state index in [4.69, 9.17) is 9.47 Å². The molecule has 15 nitrogen and oxygen atoms in total. The van der Waals surface area contributed by atoms with Gasteiger partial charge in [-0.3, -0.25) is 28.7 Å². The summed E-state index contributed by atoms with van der Waals surface area (Å²) in [5.74, 6) is 3.07. The molecule has 15 heteroatoms. The van der Waals surface area contributed by atoms with Crippen LogP contribution in [0.1, 0.15) is 106 Å². The molecule has 9 aromatic rings. The molecule has 0 spiro atoms. The Bertz CT molecular complexity index is 3270. The number of rotatable bonds is 10. The van der Waals surface area contributed by atoms with Gasteiger partial charge in [-0.15, -0.1) is 30.6 Å². The van der Waals surface area contributed by atoms with Gasteiger partial charge in [-0.2, -0.15) is 0 Å². The second-order valence-electron chi connectivity index (χ2n) is 20.2. The number of hydrogen-bond acceptors (Lipinski definition) is 12. The van der Waals surface area contributed by atoms with Gasteiger partial charge in [0.05, 0.1) is 33.9 Å². The smallest absolute Gasteiger partial charge is 0.137 e. The number of aryl methyl sites for hydroxylation is 6. The number of ether oxygens (including phenoxy) is 2. The highest BCUT2D eigenvalue weighted by molar-refractivity contribution is 5.69. The first-order valence-corrected chi connectivity index (χ1v) is 25.1. The van der Waals surface area contributed by atoms with Crippen LogP contribution in [0.25, 0.3) is 50.4 Å². The highest BCUT2D eigenvalue weighted by Gasteiger charge is 2.25. The van der Waals surface area contributed by atoms with Gasteiger partial charge in [-0.05, 0) is 163 Å². The molecule has 0 saturated heterocycles. The Kier molecular flexibility index (Phi) is 13.5. The minimum absolute atomic E-state index is 0.344. The third-order valence-electron chi connectivity index (χ3n) is 14.0. The summed E-state index contributed by atoms with van der Waals surface area (Å²) in [5, 5.41) is 34.7. The second-order valence-corrected chi connectivity index (χ2v) is 20.2. The largest absolute Gasteiger partial charge is 0.386 e. The third-order valence-corrected chi connectivity index (χ3v) is 14.0. The summed E-state index contributed by atoms with van der Waals surface area (Å²) >= 11 is 0. The Balaban J connectivity index is 0.000000126. The van der Waals surface area contributed by atoms with E-state index in [0.29, 0.717) is 13.2 Å². The van der Waals surface area contributed by atoms with Gasteiger partial charge in [0.15, 0.2) is 0 Å². The van der Waals surface area contributed by atoms with Gasteiger partial charge in [-0.25, -0.2) is 0 Å². The Morgan fingerprint density at radius 2 is 0.753 bits per heavy atom. The van der Waals surface area contributed by atoms with E-state index in [1.54, 1.807) is 39.0 Å². The molecule has 0 aliphatic carbocycles. The van der Waals surface area contributed by atoms with E-state index in [1.807, 2.05) is 55.5 Å². The Hall–Kier alpha value is -7.59. The van der Waals surface area contributed by atoms with Gasteiger partial charge in [0.1, 0.15) is 36.5 Å². The van der Waals surface area contributed by atoms with Crippen LogP contribution in [-0.2, 0) is 64.8 Å². The van der Waals surface area contributed by atoms with Crippen LogP contribution in [0.15, 0.2) is 129 Å². The molecule has 3 aliphatic rings. The van der Waals surface area contributed by atoms with Gasteiger partial charge in [-0.1, -0.05) is 18.2 Å². The predicted molar refractivity (Wildman–Crippen MR) is 281 cm³/mol. The van der Waals surface area contributed by atoms with Crippen molar-refractivity contribution in [1.82, 2.24) is 59.2 Å². The van der Waals surface area contributed by atoms with Crippen LogP contribution in [0.5, 0.6) is 0 Å². The fourth-order valence-electron chi connectivity index (χ4n) is 9.91. The third kappa shape index (κ3) is 10.3. The van der Waals surface area contributed by atoms with E-state index in [-0.39, 0.29) is 11.2 Å². The number of aliphatic hydroxyl groups is 1. The molecule has 0 saturated carbocycles. The van der Waals surface area contributed by atoms with Crippen LogP contribution in [0.4, 0.5) is 0 Å². The lowest BCUT2D eigenvalue weighted by atomic mass is 9.94. The van der Waals surface area contributed by atoms with E-state index in [1.165, 1.54) is 39.2 Å². The Labute approximate surface area is 426 Å². The highest BCUT2D eigenvalue weighted by Crippen LogP contribution is 2.35. The summed E-state index contributed by atoms with van der Waals surface area (Å²) in [6, 6.07) is 25.8. The maximum atomic E-state index is 10.2. The monoisotopic (exact) mass is 975 g/mol.